The third-order valence-corrected chi connectivity index (χ3v) is 5.79. The number of fused-ring (bicyclic) bond motifs is 1. The minimum absolute atomic E-state index is 0.220. The Hall–Kier alpha value is -2.53. The number of nitrogens with zero attached hydrogens (tertiary/aromatic N) is 1. The minimum atomic E-state index is -0.422. The van der Waals surface area contributed by atoms with Crippen LogP contribution in [0.1, 0.15) is 29.8 Å². The number of carbonyl (C=O) groups is 1. The number of hydrogen-bond acceptors (Lipinski definition) is 5. The van der Waals surface area contributed by atoms with Crippen LogP contribution >= 0.6 is 0 Å². The van der Waals surface area contributed by atoms with E-state index in [9.17, 15) is 9.90 Å². The molecule has 1 N–H and O–H groups in total. The van der Waals surface area contributed by atoms with Gasteiger partial charge in [0.2, 0.25) is 5.76 Å². The second-order valence-corrected chi connectivity index (χ2v) is 7.44. The summed E-state index contributed by atoms with van der Waals surface area (Å²) in [5.41, 5.74) is 2.15. The Morgan fingerprint density at radius 1 is 1.15 bits per heavy atom. The van der Waals surface area contributed by atoms with Crippen LogP contribution in [0.2, 0.25) is 0 Å². The predicted octanol–water partition coefficient (Wildman–Crippen LogP) is 3.21. The second-order valence-electron chi connectivity index (χ2n) is 7.44. The zero-order valence-corrected chi connectivity index (χ0v) is 14.4. The number of benzene rings is 1. The topological polar surface area (TPSA) is 62.9 Å². The van der Waals surface area contributed by atoms with Crippen molar-refractivity contribution in [1.29, 1.82) is 0 Å². The average molecular weight is 351 g/mol. The fourth-order valence-corrected chi connectivity index (χ4v) is 4.51. The summed E-state index contributed by atoms with van der Waals surface area (Å²) >= 11 is 0. The van der Waals surface area contributed by atoms with Crippen LogP contribution in [0.3, 0.4) is 0 Å². The first-order valence-corrected chi connectivity index (χ1v) is 9.19. The van der Waals surface area contributed by atoms with Gasteiger partial charge >= 0.3 is 5.97 Å². The van der Waals surface area contributed by atoms with Gasteiger partial charge in [0.15, 0.2) is 0 Å². The SMILES string of the molecule is O=C(OC1C=C2CC3CC(C1)N2CC3O)c1ccc(-c2ccccc2)o1. The van der Waals surface area contributed by atoms with Crippen molar-refractivity contribution >= 4 is 5.97 Å². The van der Waals surface area contributed by atoms with Gasteiger partial charge in [-0.3, -0.25) is 0 Å². The van der Waals surface area contributed by atoms with E-state index in [2.05, 4.69) is 4.90 Å². The lowest BCUT2D eigenvalue weighted by Crippen LogP contribution is -2.57. The van der Waals surface area contributed by atoms with E-state index in [0.717, 1.165) is 24.8 Å². The van der Waals surface area contributed by atoms with E-state index in [1.807, 2.05) is 36.4 Å². The van der Waals surface area contributed by atoms with Crippen LogP contribution in [-0.4, -0.2) is 40.8 Å². The largest absolute Gasteiger partial charge is 0.452 e. The molecule has 6 rings (SSSR count). The van der Waals surface area contributed by atoms with Crippen molar-refractivity contribution in [2.24, 2.45) is 5.92 Å². The van der Waals surface area contributed by atoms with Gasteiger partial charge in [0.1, 0.15) is 11.9 Å². The molecule has 4 aliphatic heterocycles. The highest BCUT2D eigenvalue weighted by Gasteiger charge is 2.45. The minimum Gasteiger partial charge on any atom is -0.452 e. The lowest BCUT2D eigenvalue weighted by atomic mass is 9.75. The summed E-state index contributed by atoms with van der Waals surface area (Å²) in [4.78, 5) is 14.8. The maximum absolute atomic E-state index is 12.5. The van der Waals surface area contributed by atoms with Crippen molar-refractivity contribution in [3.05, 3.63) is 60.0 Å². The molecule has 3 fully saturated rings. The number of ether oxygens (including phenoxy) is 1. The standard InChI is InChI=1S/C21H21NO4/c23-18-12-22-15-8-14(18)9-16(22)11-17(10-15)25-21(24)20-7-6-19(26-20)13-4-2-1-3-5-13/h1-7,10,14,16-18,23H,8-9,11-12H2. The first kappa shape index (κ1) is 15.7. The number of piperidine rings is 3. The normalized spacial score (nSPS) is 29.4. The molecule has 1 aromatic carbocycles. The van der Waals surface area contributed by atoms with Gasteiger partial charge in [0.05, 0.1) is 6.10 Å². The first-order chi connectivity index (χ1) is 12.7. The summed E-state index contributed by atoms with van der Waals surface area (Å²) in [6.07, 6.45) is 4.25. The molecular formula is C21H21NO4. The molecule has 4 atom stereocenters. The van der Waals surface area contributed by atoms with Crippen molar-refractivity contribution in [2.75, 3.05) is 6.54 Å². The third kappa shape index (κ3) is 2.63. The summed E-state index contributed by atoms with van der Waals surface area (Å²) in [6, 6.07) is 13.5. The fraction of sp³-hybridized carbons (Fsp3) is 0.381. The van der Waals surface area contributed by atoms with Crippen LogP contribution < -0.4 is 0 Å². The van der Waals surface area contributed by atoms with Crippen LogP contribution in [0.15, 0.2) is 58.7 Å². The van der Waals surface area contributed by atoms with Crippen LogP contribution in [-0.2, 0) is 4.74 Å². The molecule has 0 saturated carbocycles. The molecule has 0 spiro atoms. The Kier molecular flexibility index (Phi) is 3.64. The Morgan fingerprint density at radius 2 is 2.00 bits per heavy atom. The van der Waals surface area contributed by atoms with Gasteiger partial charge in [0.25, 0.3) is 0 Å². The highest BCUT2D eigenvalue weighted by molar-refractivity contribution is 5.87. The van der Waals surface area contributed by atoms with E-state index < -0.39 is 5.97 Å². The Bertz CT molecular complexity index is 856. The van der Waals surface area contributed by atoms with E-state index in [1.165, 1.54) is 5.70 Å². The smallest absolute Gasteiger partial charge is 0.374 e. The third-order valence-electron chi connectivity index (χ3n) is 5.79. The van der Waals surface area contributed by atoms with Crippen LogP contribution in [0, 0.1) is 5.92 Å². The Labute approximate surface area is 151 Å². The van der Waals surface area contributed by atoms with Gasteiger partial charge < -0.3 is 19.2 Å². The molecule has 5 nitrogen and oxygen atoms in total. The zero-order chi connectivity index (χ0) is 17.7. The molecular weight excluding hydrogens is 330 g/mol. The quantitative estimate of drug-likeness (QED) is 0.861. The first-order valence-electron chi connectivity index (χ1n) is 9.19. The molecule has 5 heteroatoms. The summed E-state index contributed by atoms with van der Waals surface area (Å²) < 4.78 is 11.4. The van der Waals surface area contributed by atoms with Gasteiger partial charge in [-0.1, -0.05) is 30.3 Å². The molecule has 4 unspecified atom stereocenters. The Morgan fingerprint density at radius 3 is 2.77 bits per heavy atom. The molecule has 0 amide bonds. The molecule has 0 radical (unpaired) electrons. The van der Waals surface area contributed by atoms with Crippen molar-refractivity contribution in [3.63, 3.8) is 0 Å². The molecule has 0 aliphatic carbocycles. The zero-order valence-electron chi connectivity index (χ0n) is 14.4. The number of furan rings is 1. The maximum atomic E-state index is 12.5. The summed E-state index contributed by atoms with van der Waals surface area (Å²) in [7, 11) is 0. The molecule has 134 valence electrons. The average Bonchev–Trinajstić information content (AvgIpc) is 3.13. The molecule has 4 bridgehead atoms. The molecule has 2 aromatic rings. The highest BCUT2D eigenvalue weighted by Crippen LogP contribution is 2.43. The van der Waals surface area contributed by atoms with Crippen LogP contribution in [0.4, 0.5) is 0 Å². The van der Waals surface area contributed by atoms with E-state index in [-0.39, 0.29) is 18.0 Å². The summed E-state index contributed by atoms with van der Waals surface area (Å²) in [6.45, 7) is 0.709. The predicted molar refractivity (Wildman–Crippen MR) is 95.3 cm³/mol. The van der Waals surface area contributed by atoms with Crippen molar-refractivity contribution < 1.29 is 19.1 Å². The van der Waals surface area contributed by atoms with E-state index >= 15 is 0 Å². The number of carbonyl (C=O) groups excluding carboxylic acids is 1. The van der Waals surface area contributed by atoms with Gasteiger partial charge in [-0.15, -0.1) is 0 Å². The highest BCUT2D eigenvalue weighted by atomic mass is 16.6. The van der Waals surface area contributed by atoms with Gasteiger partial charge in [-0.2, -0.15) is 0 Å². The van der Waals surface area contributed by atoms with E-state index in [4.69, 9.17) is 9.15 Å². The summed E-state index contributed by atoms with van der Waals surface area (Å²) in [5.74, 6) is 0.824. The van der Waals surface area contributed by atoms with E-state index in [1.54, 1.807) is 12.1 Å². The summed E-state index contributed by atoms with van der Waals surface area (Å²) in [5, 5.41) is 10.0. The number of allylic oxidation sites excluding steroid dienone is 1. The lowest BCUT2D eigenvalue weighted by Gasteiger charge is -2.53. The second kappa shape index (κ2) is 6.02. The van der Waals surface area contributed by atoms with Gasteiger partial charge in [-0.05, 0) is 37.0 Å². The van der Waals surface area contributed by atoms with Crippen LogP contribution in [0.5, 0.6) is 0 Å². The fourth-order valence-electron chi connectivity index (χ4n) is 4.51. The molecule has 5 heterocycles. The molecule has 26 heavy (non-hydrogen) atoms. The molecule has 4 aliphatic rings. The molecule has 1 aromatic heterocycles. The van der Waals surface area contributed by atoms with Crippen LogP contribution in [0.25, 0.3) is 11.3 Å². The number of aliphatic hydroxyl groups is 1. The van der Waals surface area contributed by atoms with Crippen molar-refractivity contribution in [1.82, 2.24) is 4.90 Å². The maximum Gasteiger partial charge on any atom is 0.374 e. The number of aliphatic hydroxyl groups excluding tert-OH is 1. The monoisotopic (exact) mass is 351 g/mol. The van der Waals surface area contributed by atoms with Gasteiger partial charge in [0, 0.05) is 30.3 Å². The van der Waals surface area contributed by atoms with Crippen molar-refractivity contribution in [3.8, 4) is 11.3 Å². The van der Waals surface area contributed by atoms with E-state index in [0.29, 0.717) is 24.3 Å². The number of rotatable bonds is 3. The number of esters is 1. The van der Waals surface area contributed by atoms with Crippen molar-refractivity contribution in [2.45, 2.75) is 37.5 Å². The molecule has 3 saturated heterocycles. The number of hydrogen-bond donors (Lipinski definition) is 1. The lowest BCUT2D eigenvalue weighted by molar-refractivity contribution is -0.0515. The van der Waals surface area contributed by atoms with Gasteiger partial charge in [-0.25, -0.2) is 4.79 Å². The Balaban J connectivity index is 1.30.